The predicted molar refractivity (Wildman–Crippen MR) is 87.5 cm³/mol. The Balaban J connectivity index is 1.98. The Morgan fingerprint density at radius 3 is 2.96 bits per heavy atom. The number of amides is 1. The van der Waals surface area contributed by atoms with Crippen LogP contribution in [0.3, 0.4) is 0 Å². The molecule has 128 valence electrons. The molecule has 0 atom stereocenters. The molecule has 25 heavy (non-hydrogen) atoms. The molecule has 3 aromatic rings. The van der Waals surface area contributed by atoms with Gasteiger partial charge in [-0.1, -0.05) is 5.16 Å². The molecular weight excluding hydrogens is 326 g/mol. The average Bonchev–Trinajstić information content (AvgIpc) is 3.06. The summed E-state index contributed by atoms with van der Waals surface area (Å²) in [5, 5.41) is 16.0. The Morgan fingerprint density at radius 1 is 1.36 bits per heavy atom. The summed E-state index contributed by atoms with van der Waals surface area (Å²) in [5.41, 5.74) is 0.472. The Morgan fingerprint density at radius 2 is 2.24 bits per heavy atom. The standard InChI is InChI=1S/C15H15N7O3/c1-8-19-13(22-25-8)9-4-6-17-14(12(9)24-3)20-10-5-7-18-21-11(10)15(23)16-2/h4-7H,1-3H3,(H,16,23)(H,17,18,20)/i2D3. The number of hydrogen-bond acceptors (Lipinski definition) is 9. The van der Waals surface area contributed by atoms with Crippen molar-refractivity contribution in [1.82, 2.24) is 30.6 Å². The van der Waals surface area contributed by atoms with Gasteiger partial charge in [0.1, 0.15) is 0 Å². The first-order valence-electron chi connectivity index (χ1n) is 8.53. The van der Waals surface area contributed by atoms with Gasteiger partial charge in [0, 0.05) is 24.2 Å². The van der Waals surface area contributed by atoms with Crippen LogP contribution in [0.25, 0.3) is 11.4 Å². The number of carbonyl (C=O) groups excluding carboxylic acids is 1. The lowest BCUT2D eigenvalue weighted by Crippen LogP contribution is -2.21. The summed E-state index contributed by atoms with van der Waals surface area (Å²) in [6, 6.07) is 3.09. The van der Waals surface area contributed by atoms with Gasteiger partial charge in [-0.05, 0) is 12.1 Å². The fourth-order valence-corrected chi connectivity index (χ4v) is 2.12. The maximum atomic E-state index is 12.2. The molecule has 0 aromatic carbocycles. The quantitative estimate of drug-likeness (QED) is 0.704. The second kappa shape index (κ2) is 6.91. The molecule has 3 aromatic heterocycles. The normalized spacial score (nSPS) is 12.6. The summed E-state index contributed by atoms with van der Waals surface area (Å²) < 4.78 is 31.9. The first kappa shape index (κ1) is 12.8. The van der Waals surface area contributed by atoms with Crippen LogP contribution in [0.15, 0.2) is 29.0 Å². The molecule has 0 aliphatic carbocycles. The lowest BCUT2D eigenvalue weighted by Gasteiger charge is -2.13. The minimum Gasteiger partial charge on any atom is -0.492 e. The Hall–Kier alpha value is -3.56. The Kier molecular flexibility index (Phi) is 3.54. The number of aryl methyl sites for hydroxylation is 1. The predicted octanol–water partition coefficient (Wildman–Crippen LogP) is 1.34. The van der Waals surface area contributed by atoms with E-state index >= 15 is 0 Å². The van der Waals surface area contributed by atoms with Gasteiger partial charge in [-0.2, -0.15) is 10.1 Å². The number of aromatic nitrogens is 5. The van der Waals surface area contributed by atoms with Gasteiger partial charge in [0.15, 0.2) is 17.3 Å². The van der Waals surface area contributed by atoms with Crippen LogP contribution in [-0.2, 0) is 0 Å². The van der Waals surface area contributed by atoms with E-state index in [1.165, 1.54) is 25.6 Å². The Bertz CT molecular complexity index is 1010. The van der Waals surface area contributed by atoms with E-state index < -0.39 is 12.9 Å². The van der Waals surface area contributed by atoms with Gasteiger partial charge in [0.2, 0.25) is 11.7 Å². The zero-order valence-corrected chi connectivity index (χ0v) is 13.3. The SMILES string of the molecule is [2H]C([2H])([2H])NC(=O)c1nnccc1Nc1nccc(-c2noc(C)n2)c1OC. The molecule has 0 fully saturated rings. The highest BCUT2D eigenvalue weighted by Gasteiger charge is 2.19. The largest absolute Gasteiger partial charge is 0.492 e. The summed E-state index contributed by atoms with van der Waals surface area (Å²) in [4.78, 5) is 20.6. The number of anilines is 2. The van der Waals surface area contributed by atoms with Crippen LogP contribution >= 0.6 is 0 Å². The van der Waals surface area contributed by atoms with Gasteiger partial charge < -0.3 is 19.9 Å². The molecule has 0 aliphatic heterocycles. The summed E-state index contributed by atoms with van der Waals surface area (Å²) >= 11 is 0. The van der Waals surface area contributed by atoms with E-state index in [0.717, 1.165) is 0 Å². The van der Waals surface area contributed by atoms with E-state index in [2.05, 4.69) is 30.6 Å². The maximum absolute atomic E-state index is 12.2. The van der Waals surface area contributed by atoms with Crippen LogP contribution in [0.2, 0.25) is 0 Å². The van der Waals surface area contributed by atoms with Crippen molar-refractivity contribution in [3.8, 4) is 17.1 Å². The van der Waals surface area contributed by atoms with E-state index in [0.29, 0.717) is 23.0 Å². The van der Waals surface area contributed by atoms with E-state index in [-0.39, 0.29) is 17.2 Å². The number of carbonyl (C=O) groups is 1. The number of nitrogens with zero attached hydrogens (tertiary/aromatic N) is 5. The molecule has 0 bridgehead atoms. The molecule has 0 saturated heterocycles. The van der Waals surface area contributed by atoms with Crippen LogP contribution in [0.4, 0.5) is 11.5 Å². The lowest BCUT2D eigenvalue weighted by molar-refractivity contribution is 0.0958. The van der Waals surface area contributed by atoms with E-state index in [1.807, 2.05) is 5.32 Å². The molecule has 10 nitrogen and oxygen atoms in total. The van der Waals surface area contributed by atoms with Crippen molar-refractivity contribution in [2.45, 2.75) is 6.92 Å². The van der Waals surface area contributed by atoms with Gasteiger partial charge in [-0.25, -0.2) is 4.98 Å². The van der Waals surface area contributed by atoms with Gasteiger partial charge >= 0.3 is 0 Å². The zero-order chi connectivity index (χ0) is 20.3. The first-order valence-corrected chi connectivity index (χ1v) is 7.03. The highest BCUT2D eigenvalue weighted by molar-refractivity contribution is 5.98. The van der Waals surface area contributed by atoms with Crippen LogP contribution in [0, 0.1) is 6.92 Å². The van der Waals surface area contributed by atoms with Gasteiger partial charge in [0.05, 0.1) is 24.6 Å². The minimum atomic E-state index is -2.67. The van der Waals surface area contributed by atoms with Gasteiger partial charge in [0.25, 0.3) is 5.91 Å². The lowest BCUT2D eigenvalue weighted by atomic mass is 10.2. The molecule has 1 amide bonds. The van der Waals surface area contributed by atoms with Crippen molar-refractivity contribution < 1.29 is 18.2 Å². The number of rotatable bonds is 5. The van der Waals surface area contributed by atoms with Crippen LogP contribution in [-0.4, -0.2) is 45.3 Å². The topological polar surface area (TPSA) is 128 Å². The number of nitrogens with one attached hydrogen (secondary N) is 2. The summed E-state index contributed by atoms with van der Waals surface area (Å²) in [5.74, 6) is 0.290. The van der Waals surface area contributed by atoms with Crippen LogP contribution in [0.1, 0.15) is 20.5 Å². The van der Waals surface area contributed by atoms with Gasteiger partial charge in [-0.15, -0.1) is 5.10 Å². The van der Waals surface area contributed by atoms with Crippen molar-refractivity contribution in [2.24, 2.45) is 0 Å². The third-order valence-corrected chi connectivity index (χ3v) is 3.18. The molecule has 0 spiro atoms. The van der Waals surface area contributed by atoms with Crippen molar-refractivity contribution in [3.05, 3.63) is 36.1 Å². The second-order valence-corrected chi connectivity index (χ2v) is 4.75. The monoisotopic (exact) mass is 344 g/mol. The maximum Gasteiger partial charge on any atom is 0.273 e. The number of methoxy groups -OCH3 is 1. The van der Waals surface area contributed by atoms with Crippen molar-refractivity contribution >= 4 is 17.4 Å². The summed E-state index contributed by atoms with van der Waals surface area (Å²) in [7, 11) is 1.44. The van der Waals surface area contributed by atoms with Crippen molar-refractivity contribution in [2.75, 3.05) is 19.4 Å². The third kappa shape index (κ3) is 3.22. The molecule has 3 heterocycles. The van der Waals surface area contributed by atoms with Crippen molar-refractivity contribution in [1.29, 1.82) is 0 Å². The average molecular weight is 344 g/mol. The fraction of sp³-hybridized carbons (Fsp3) is 0.200. The highest BCUT2D eigenvalue weighted by Crippen LogP contribution is 2.35. The van der Waals surface area contributed by atoms with Crippen LogP contribution < -0.4 is 15.4 Å². The van der Waals surface area contributed by atoms with E-state index in [9.17, 15) is 4.79 Å². The molecule has 0 saturated carbocycles. The minimum absolute atomic E-state index is 0.184. The smallest absolute Gasteiger partial charge is 0.273 e. The summed E-state index contributed by atoms with van der Waals surface area (Å²) in [6.07, 6.45) is 2.83. The molecule has 2 N–H and O–H groups in total. The number of ether oxygens (including phenoxy) is 1. The zero-order valence-electron chi connectivity index (χ0n) is 16.3. The van der Waals surface area contributed by atoms with Crippen LogP contribution in [0.5, 0.6) is 5.75 Å². The highest BCUT2D eigenvalue weighted by atomic mass is 16.5. The number of hydrogen-bond donors (Lipinski definition) is 2. The molecule has 3 rings (SSSR count). The second-order valence-electron chi connectivity index (χ2n) is 4.75. The van der Waals surface area contributed by atoms with Gasteiger partial charge in [-0.3, -0.25) is 4.79 Å². The Labute approximate surface area is 146 Å². The van der Waals surface area contributed by atoms with E-state index in [4.69, 9.17) is 13.4 Å². The summed E-state index contributed by atoms with van der Waals surface area (Å²) in [6.45, 7) is -1.01. The molecular formula is C15H15N7O3. The first-order chi connectivity index (χ1) is 13.3. The molecule has 10 heteroatoms. The molecule has 0 unspecified atom stereocenters. The third-order valence-electron chi connectivity index (χ3n) is 3.18. The molecule has 0 radical (unpaired) electrons. The van der Waals surface area contributed by atoms with Crippen molar-refractivity contribution in [3.63, 3.8) is 0 Å². The van der Waals surface area contributed by atoms with E-state index in [1.54, 1.807) is 13.0 Å². The number of pyridine rings is 1. The fourth-order valence-electron chi connectivity index (χ4n) is 2.12. The molecule has 0 aliphatic rings.